The number of hydrogen-bond acceptors (Lipinski definition) is 3. The fourth-order valence-electron chi connectivity index (χ4n) is 3.70. The first kappa shape index (κ1) is 20.4. The molecule has 0 aliphatic rings. The fourth-order valence-corrected chi connectivity index (χ4v) is 8.02. The summed E-state index contributed by atoms with van der Waals surface area (Å²) in [5.41, 5.74) is 0.602. The van der Waals surface area contributed by atoms with Crippen LogP contribution in [0.4, 0.5) is 0 Å². The molecule has 4 aromatic rings. The van der Waals surface area contributed by atoms with Gasteiger partial charge in [-0.05, 0) is 0 Å². The maximum absolute atomic E-state index is 13.6. The Labute approximate surface area is 182 Å². The zero-order valence-corrected chi connectivity index (χ0v) is 18.5. The van der Waals surface area contributed by atoms with Crippen LogP contribution in [-0.2, 0) is 4.52 Å². The zero-order valence-electron chi connectivity index (χ0n) is 16.7. The first-order chi connectivity index (χ1) is 14.8. The quantitative estimate of drug-likeness (QED) is 0.310. The van der Waals surface area contributed by atoms with E-state index in [0.717, 1.165) is 20.8 Å². The Morgan fingerprint density at radius 1 is 0.633 bits per heavy atom. The standard InChI is InChI=1S/C26H23O2PS/c1-30-25-20-12-11-19-24(25)26(27)28-29(21-13-5-2-6-14-21,22-15-7-3-8-16-22)23-17-9-4-10-18-23/h2-20,29H,1H3. The summed E-state index contributed by atoms with van der Waals surface area (Å²) in [7, 11) is -3.06. The van der Waals surface area contributed by atoms with Crippen molar-refractivity contribution in [3.8, 4) is 0 Å². The number of hydrogen-bond donors (Lipinski definition) is 0. The summed E-state index contributed by atoms with van der Waals surface area (Å²) in [6, 6.07) is 38.0. The third-order valence-electron chi connectivity index (χ3n) is 5.11. The fraction of sp³-hybridized carbons (Fsp3) is 0.0385. The Morgan fingerprint density at radius 2 is 1.03 bits per heavy atom. The van der Waals surface area contributed by atoms with E-state index in [1.54, 1.807) is 11.8 Å². The first-order valence-electron chi connectivity index (χ1n) is 9.78. The molecule has 2 nitrogen and oxygen atoms in total. The Morgan fingerprint density at radius 3 is 1.47 bits per heavy atom. The third-order valence-corrected chi connectivity index (χ3v) is 9.84. The molecule has 4 aromatic carbocycles. The molecule has 30 heavy (non-hydrogen) atoms. The van der Waals surface area contributed by atoms with E-state index in [9.17, 15) is 4.79 Å². The van der Waals surface area contributed by atoms with Gasteiger partial charge in [-0.15, -0.1) is 0 Å². The Balaban J connectivity index is 1.94. The van der Waals surface area contributed by atoms with Crippen molar-refractivity contribution in [2.45, 2.75) is 4.90 Å². The second-order valence-electron chi connectivity index (χ2n) is 6.87. The molecule has 0 heterocycles. The van der Waals surface area contributed by atoms with Crippen LogP contribution >= 0.6 is 19.3 Å². The van der Waals surface area contributed by atoms with Gasteiger partial charge in [0.2, 0.25) is 0 Å². The average molecular weight is 431 g/mol. The molecule has 0 N–H and O–H groups in total. The van der Waals surface area contributed by atoms with E-state index in [1.165, 1.54) is 0 Å². The predicted molar refractivity (Wildman–Crippen MR) is 130 cm³/mol. The van der Waals surface area contributed by atoms with Crippen molar-refractivity contribution >= 4 is 41.1 Å². The van der Waals surface area contributed by atoms with Gasteiger partial charge in [0, 0.05) is 0 Å². The summed E-state index contributed by atoms with van der Waals surface area (Å²) in [4.78, 5) is 14.5. The van der Waals surface area contributed by atoms with Gasteiger partial charge in [0.1, 0.15) is 0 Å². The number of carbonyl (C=O) groups is 1. The molecular weight excluding hydrogens is 407 g/mol. The van der Waals surface area contributed by atoms with E-state index in [1.807, 2.05) is 85.1 Å². The summed E-state index contributed by atoms with van der Waals surface area (Å²) in [6.07, 6.45) is 1.97. The van der Waals surface area contributed by atoms with Crippen LogP contribution in [-0.4, -0.2) is 12.2 Å². The van der Waals surface area contributed by atoms with Crippen molar-refractivity contribution in [3.05, 3.63) is 121 Å². The van der Waals surface area contributed by atoms with E-state index in [2.05, 4.69) is 36.4 Å². The third kappa shape index (κ3) is 3.92. The van der Waals surface area contributed by atoms with Crippen LogP contribution in [0.2, 0.25) is 0 Å². The second kappa shape index (κ2) is 9.30. The molecule has 0 aromatic heterocycles. The summed E-state index contributed by atoms with van der Waals surface area (Å²) in [6.45, 7) is 0. The average Bonchev–Trinajstić information content (AvgIpc) is 2.84. The molecule has 0 aliphatic carbocycles. The normalized spacial score (nSPS) is 11.6. The predicted octanol–water partition coefficient (Wildman–Crippen LogP) is 5.21. The van der Waals surface area contributed by atoms with Gasteiger partial charge in [-0.2, -0.15) is 0 Å². The van der Waals surface area contributed by atoms with Crippen molar-refractivity contribution in [3.63, 3.8) is 0 Å². The van der Waals surface area contributed by atoms with Crippen LogP contribution in [0.1, 0.15) is 10.4 Å². The van der Waals surface area contributed by atoms with Crippen LogP contribution in [0.15, 0.2) is 120 Å². The van der Waals surface area contributed by atoms with Crippen molar-refractivity contribution < 1.29 is 9.32 Å². The van der Waals surface area contributed by atoms with Crippen LogP contribution in [0, 0.1) is 0 Å². The van der Waals surface area contributed by atoms with E-state index < -0.39 is 7.49 Å². The summed E-state index contributed by atoms with van der Waals surface area (Å²) < 4.78 is 6.61. The summed E-state index contributed by atoms with van der Waals surface area (Å²) >= 11 is 1.55. The molecule has 0 radical (unpaired) electrons. The van der Waals surface area contributed by atoms with Crippen molar-refractivity contribution in [2.24, 2.45) is 0 Å². The van der Waals surface area contributed by atoms with Crippen LogP contribution < -0.4 is 15.9 Å². The van der Waals surface area contributed by atoms with Gasteiger partial charge in [-0.3, -0.25) is 0 Å². The maximum atomic E-state index is 13.6. The zero-order chi connectivity index (χ0) is 20.8. The van der Waals surface area contributed by atoms with Crippen LogP contribution in [0.5, 0.6) is 0 Å². The van der Waals surface area contributed by atoms with Gasteiger partial charge in [-0.25, -0.2) is 0 Å². The van der Waals surface area contributed by atoms with E-state index in [0.29, 0.717) is 5.56 Å². The van der Waals surface area contributed by atoms with E-state index >= 15 is 0 Å². The minimum absolute atomic E-state index is 0.289. The molecule has 4 rings (SSSR count). The van der Waals surface area contributed by atoms with Gasteiger partial charge in [-0.1, -0.05) is 0 Å². The summed E-state index contributed by atoms with van der Waals surface area (Å²) in [5, 5.41) is 3.12. The molecule has 0 bridgehead atoms. The monoisotopic (exact) mass is 430 g/mol. The topological polar surface area (TPSA) is 26.3 Å². The van der Waals surface area contributed by atoms with Gasteiger partial charge >= 0.3 is 182 Å². The number of thioether (sulfide) groups is 1. The molecule has 0 unspecified atom stereocenters. The van der Waals surface area contributed by atoms with Crippen LogP contribution in [0.25, 0.3) is 0 Å². The molecule has 0 amide bonds. The van der Waals surface area contributed by atoms with Gasteiger partial charge in [0.05, 0.1) is 0 Å². The Bertz CT molecular complexity index is 1020. The molecule has 0 spiro atoms. The second-order valence-corrected chi connectivity index (χ2v) is 11.0. The molecule has 4 heteroatoms. The number of carbonyl (C=O) groups excluding carboxylic acids is 1. The van der Waals surface area contributed by atoms with Gasteiger partial charge < -0.3 is 0 Å². The van der Waals surface area contributed by atoms with E-state index in [-0.39, 0.29) is 5.97 Å². The molecule has 150 valence electrons. The summed E-state index contributed by atoms with van der Waals surface area (Å²) in [5.74, 6) is -0.289. The molecule has 0 saturated carbocycles. The van der Waals surface area contributed by atoms with Crippen LogP contribution in [0.3, 0.4) is 0 Å². The molecular formula is C26H23O2PS. The first-order valence-corrected chi connectivity index (χ1v) is 12.9. The Kier molecular flexibility index (Phi) is 6.32. The minimum atomic E-state index is -3.06. The number of benzene rings is 4. The van der Waals surface area contributed by atoms with E-state index in [4.69, 9.17) is 4.52 Å². The van der Waals surface area contributed by atoms with Crippen molar-refractivity contribution in [1.82, 2.24) is 0 Å². The Hall–Kier alpha value is -2.87. The van der Waals surface area contributed by atoms with Gasteiger partial charge in [0.15, 0.2) is 0 Å². The molecule has 0 saturated heterocycles. The SMILES string of the molecule is CSc1ccccc1C(=O)O[PH](c1ccccc1)(c1ccccc1)c1ccccc1. The van der Waals surface area contributed by atoms with Crippen molar-refractivity contribution in [1.29, 1.82) is 0 Å². The number of rotatable bonds is 6. The molecule has 0 atom stereocenters. The molecule has 0 fully saturated rings. The van der Waals surface area contributed by atoms with Gasteiger partial charge in [0.25, 0.3) is 0 Å². The van der Waals surface area contributed by atoms with Crippen molar-refractivity contribution in [2.75, 3.05) is 6.26 Å². The molecule has 0 aliphatic heterocycles.